The summed E-state index contributed by atoms with van der Waals surface area (Å²) in [7, 11) is -3.74. The lowest BCUT2D eigenvalue weighted by atomic mass is 9.88. The normalized spacial score (nSPS) is 30.5. The van der Waals surface area contributed by atoms with Gasteiger partial charge in [-0.2, -0.15) is 0 Å². The summed E-state index contributed by atoms with van der Waals surface area (Å²) in [6, 6.07) is -0.964. The van der Waals surface area contributed by atoms with Crippen molar-refractivity contribution in [2.24, 2.45) is 5.92 Å². The average Bonchev–Trinajstić information content (AvgIpc) is 2.40. The fourth-order valence-electron chi connectivity index (χ4n) is 3.03. The summed E-state index contributed by atoms with van der Waals surface area (Å²) in [4.78, 5) is 23.1. The molecule has 1 N–H and O–H groups in total. The zero-order valence-corrected chi connectivity index (χ0v) is 15.7. The Morgan fingerprint density at radius 2 is 1.83 bits per heavy atom. The number of hydrogen-bond acceptors (Lipinski definition) is 6. The van der Waals surface area contributed by atoms with Crippen LogP contribution in [0.3, 0.4) is 0 Å². The molecular formula is C16H27NO6S. The van der Waals surface area contributed by atoms with Crippen molar-refractivity contribution in [3.05, 3.63) is 12.2 Å². The second-order valence-corrected chi connectivity index (χ2v) is 8.45. The quantitative estimate of drug-likeness (QED) is 0.563. The molecule has 1 saturated heterocycles. The minimum Gasteiger partial charge on any atom is -0.460 e. The zero-order chi connectivity index (χ0) is 18.7. The third-order valence-electron chi connectivity index (χ3n) is 3.94. The fourth-order valence-corrected chi connectivity index (χ4v) is 4.87. The van der Waals surface area contributed by atoms with E-state index in [2.05, 4.69) is 11.9 Å². The Morgan fingerprint density at radius 1 is 1.25 bits per heavy atom. The summed E-state index contributed by atoms with van der Waals surface area (Å²) in [6.07, 6.45) is -0.621. The van der Waals surface area contributed by atoms with Crippen LogP contribution in [0.1, 0.15) is 41.0 Å². The molecule has 1 fully saturated rings. The first kappa shape index (κ1) is 20.6. The number of carbonyl (C=O) groups excluding carboxylic acids is 2. The van der Waals surface area contributed by atoms with Gasteiger partial charge in [0.25, 0.3) is 0 Å². The Kier molecular flexibility index (Phi) is 6.97. The molecule has 1 amide bonds. The van der Waals surface area contributed by atoms with Gasteiger partial charge in [0.2, 0.25) is 5.91 Å². The number of esters is 1. The lowest BCUT2D eigenvalue weighted by Gasteiger charge is -2.44. The van der Waals surface area contributed by atoms with Crippen LogP contribution in [0, 0.1) is 5.92 Å². The highest BCUT2D eigenvalue weighted by Crippen LogP contribution is 2.33. The Hall–Kier alpha value is -1.41. The summed E-state index contributed by atoms with van der Waals surface area (Å²) in [5.41, 5.74) is -0.820. The predicted molar refractivity (Wildman–Crippen MR) is 89.9 cm³/mol. The SMILES string of the molecule is C=C(C)CS(=O)(=O)C1O[C@H](CC)[C@H](C)[C@H](OC(C)=O)[C@H]1NC(C)=O. The second kappa shape index (κ2) is 8.11. The molecular weight excluding hydrogens is 334 g/mol. The van der Waals surface area contributed by atoms with Crippen LogP contribution in [-0.4, -0.2) is 49.7 Å². The van der Waals surface area contributed by atoms with E-state index in [1.54, 1.807) is 6.92 Å². The van der Waals surface area contributed by atoms with Gasteiger partial charge in [-0.25, -0.2) is 8.42 Å². The molecule has 5 atom stereocenters. The maximum absolute atomic E-state index is 12.7. The molecule has 7 nitrogen and oxygen atoms in total. The molecule has 0 aromatic heterocycles. The molecule has 138 valence electrons. The number of sulfone groups is 1. The number of rotatable bonds is 6. The van der Waals surface area contributed by atoms with Crippen LogP contribution in [0.2, 0.25) is 0 Å². The van der Waals surface area contributed by atoms with E-state index in [1.807, 2.05) is 13.8 Å². The van der Waals surface area contributed by atoms with Crippen molar-refractivity contribution in [2.45, 2.75) is 64.7 Å². The summed E-state index contributed by atoms with van der Waals surface area (Å²) in [5.74, 6) is -1.47. The van der Waals surface area contributed by atoms with Gasteiger partial charge in [0.15, 0.2) is 15.3 Å². The molecule has 0 aliphatic carbocycles. The Labute approximate surface area is 143 Å². The number of ether oxygens (including phenoxy) is 2. The maximum atomic E-state index is 12.7. The molecule has 0 aromatic carbocycles. The molecule has 0 spiro atoms. The second-order valence-electron chi connectivity index (χ2n) is 6.37. The van der Waals surface area contributed by atoms with Gasteiger partial charge in [0.05, 0.1) is 11.9 Å². The standard InChI is InChI=1S/C16H27NO6S/c1-7-13-10(4)15(22-12(6)19)14(17-11(5)18)16(23-13)24(20,21)8-9(2)3/h10,13-16H,2,7-8H2,1,3-6H3,(H,17,18)/t10-,13+,14+,15-,16?/m0/s1. The minimum absolute atomic E-state index is 0.257. The zero-order valence-electron chi connectivity index (χ0n) is 14.9. The van der Waals surface area contributed by atoms with Crippen molar-refractivity contribution in [1.29, 1.82) is 0 Å². The van der Waals surface area contributed by atoms with E-state index in [0.717, 1.165) is 0 Å². The molecule has 1 aliphatic rings. The number of amides is 1. The van der Waals surface area contributed by atoms with Gasteiger partial charge >= 0.3 is 5.97 Å². The van der Waals surface area contributed by atoms with E-state index in [1.165, 1.54) is 13.8 Å². The van der Waals surface area contributed by atoms with Gasteiger partial charge in [-0.05, 0) is 13.3 Å². The van der Waals surface area contributed by atoms with Crippen molar-refractivity contribution in [3.8, 4) is 0 Å². The molecule has 0 bridgehead atoms. The predicted octanol–water partition coefficient (Wildman–Crippen LogP) is 1.18. The Morgan fingerprint density at radius 3 is 2.25 bits per heavy atom. The number of carbonyl (C=O) groups is 2. The van der Waals surface area contributed by atoms with Gasteiger partial charge in [-0.15, -0.1) is 0 Å². The van der Waals surface area contributed by atoms with Crippen molar-refractivity contribution >= 4 is 21.7 Å². The highest BCUT2D eigenvalue weighted by molar-refractivity contribution is 7.92. The first-order valence-electron chi connectivity index (χ1n) is 7.95. The molecule has 1 heterocycles. The van der Waals surface area contributed by atoms with Crippen LogP contribution in [-0.2, 0) is 28.9 Å². The van der Waals surface area contributed by atoms with Crippen LogP contribution < -0.4 is 5.32 Å². The summed E-state index contributed by atoms with van der Waals surface area (Å²) >= 11 is 0. The summed E-state index contributed by atoms with van der Waals surface area (Å²) < 4.78 is 36.6. The molecule has 1 rings (SSSR count). The van der Waals surface area contributed by atoms with Crippen LogP contribution in [0.15, 0.2) is 12.2 Å². The minimum atomic E-state index is -3.74. The van der Waals surface area contributed by atoms with E-state index in [9.17, 15) is 18.0 Å². The lowest BCUT2D eigenvalue weighted by Crippen LogP contribution is -2.63. The van der Waals surface area contributed by atoms with E-state index in [4.69, 9.17) is 9.47 Å². The van der Waals surface area contributed by atoms with Gasteiger partial charge < -0.3 is 14.8 Å². The average molecular weight is 361 g/mol. The van der Waals surface area contributed by atoms with Crippen molar-refractivity contribution in [1.82, 2.24) is 5.32 Å². The number of hydrogen-bond donors (Lipinski definition) is 1. The van der Waals surface area contributed by atoms with Crippen molar-refractivity contribution in [3.63, 3.8) is 0 Å². The fraction of sp³-hybridized carbons (Fsp3) is 0.750. The van der Waals surface area contributed by atoms with Crippen LogP contribution in [0.25, 0.3) is 0 Å². The van der Waals surface area contributed by atoms with Crippen LogP contribution >= 0.6 is 0 Å². The lowest BCUT2D eigenvalue weighted by molar-refractivity contribution is -0.172. The summed E-state index contributed by atoms with van der Waals surface area (Å²) in [6.45, 7) is 11.5. The van der Waals surface area contributed by atoms with E-state index in [0.29, 0.717) is 12.0 Å². The van der Waals surface area contributed by atoms with Crippen molar-refractivity contribution < 1.29 is 27.5 Å². The molecule has 24 heavy (non-hydrogen) atoms. The van der Waals surface area contributed by atoms with E-state index < -0.39 is 45.4 Å². The van der Waals surface area contributed by atoms with Gasteiger partial charge in [-0.1, -0.05) is 26.0 Å². The third kappa shape index (κ3) is 5.04. The van der Waals surface area contributed by atoms with Gasteiger partial charge in [0.1, 0.15) is 12.1 Å². The maximum Gasteiger partial charge on any atom is 0.302 e. The first-order chi connectivity index (χ1) is 11.0. The van der Waals surface area contributed by atoms with Gasteiger partial charge in [0, 0.05) is 19.8 Å². The van der Waals surface area contributed by atoms with Crippen LogP contribution in [0.4, 0.5) is 0 Å². The highest BCUT2D eigenvalue weighted by atomic mass is 32.2. The molecule has 0 radical (unpaired) electrons. The van der Waals surface area contributed by atoms with Gasteiger partial charge in [-0.3, -0.25) is 9.59 Å². The highest BCUT2D eigenvalue weighted by Gasteiger charge is 2.50. The van der Waals surface area contributed by atoms with E-state index >= 15 is 0 Å². The van der Waals surface area contributed by atoms with E-state index in [-0.39, 0.29) is 11.7 Å². The molecule has 0 aromatic rings. The first-order valence-corrected chi connectivity index (χ1v) is 9.66. The summed E-state index contributed by atoms with van der Waals surface area (Å²) in [5, 5.41) is 2.59. The Bertz CT molecular complexity index is 600. The third-order valence-corrected chi connectivity index (χ3v) is 5.94. The molecule has 8 heteroatoms. The molecule has 1 unspecified atom stereocenters. The van der Waals surface area contributed by atoms with Crippen LogP contribution in [0.5, 0.6) is 0 Å². The smallest absolute Gasteiger partial charge is 0.302 e. The van der Waals surface area contributed by atoms with Crippen molar-refractivity contribution in [2.75, 3.05) is 5.75 Å². The largest absolute Gasteiger partial charge is 0.460 e. The number of nitrogens with one attached hydrogen (secondary N) is 1. The monoisotopic (exact) mass is 361 g/mol. The molecule has 1 aliphatic heterocycles. The Balaban J connectivity index is 3.31. The molecule has 0 saturated carbocycles. The topological polar surface area (TPSA) is 98.8 Å².